The van der Waals surface area contributed by atoms with Crippen LogP contribution in [-0.4, -0.2) is 43.5 Å². The normalized spacial score (nSPS) is 20.0. The Morgan fingerprint density at radius 1 is 1.32 bits per heavy atom. The number of nitrogens with zero attached hydrogens (tertiary/aromatic N) is 2. The van der Waals surface area contributed by atoms with Gasteiger partial charge in [-0.3, -0.25) is 0 Å². The van der Waals surface area contributed by atoms with Gasteiger partial charge in [0.15, 0.2) is 0 Å². The zero-order valence-electron chi connectivity index (χ0n) is 15.2. The second kappa shape index (κ2) is 8.36. The monoisotopic (exact) mass is 345 g/mol. The van der Waals surface area contributed by atoms with Gasteiger partial charge in [-0.2, -0.15) is 0 Å². The summed E-state index contributed by atoms with van der Waals surface area (Å²) in [4.78, 5) is 4.44. The molecule has 0 amide bonds. The molecule has 2 heterocycles. The largest absolute Gasteiger partial charge is 0.497 e. The van der Waals surface area contributed by atoms with Crippen molar-refractivity contribution in [3.63, 3.8) is 0 Å². The van der Waals surface area contributed by atoms with Crippen LogP contribution in [0.25, 0.3) is 0 Å². The molecular formula is C19H27N3O3. The molecule has 25 heavy (non-hydrogen) atoms. The quantitative estimate of drug-likeness (QED) is 0.744. The first kappa shape index (κ1) is 17.8. The number of ether oxygens (including phenoxy) is 3. The Hall–Kier alpha value is -2.05. The van der Waals surface area contributed by atoms with Gasteiger partial charge in [-0.25, -0.2) is 4.98 Å². The third-order valence-electron chi connectivity index (χ3n) is 4.80. The van der Waals surface area contributed by atoms with Crippen molar-refractivity contribution in [2.75, 3.05) is 33.9 Å². The van der Waals surface area contributed by atoms with Crippen LogP contribution in [0, 0.1) is 5.92 Å². The molecular weight excluding hydrogens is 318 g/mol. The molecule has 0 bridgehead atoms. The molecule has 0 unspecified atom stereocenters. The van der Waals surface area contributed by atoms with Crippen molar-refractivity contribution in [1.29, 1.82) is 0 Å². The minimum absolute atomic E-state index is 0.0861. The summed E-state index contributed by atoms with van der Waals surface area (Å²) in [5, 5.41) is 3.56. The van der Waals surface area contributed by atoms with E-state index in [1.165, 1.54) is 5.56 Å². The van der Waals surface area contributed by atoms with Crippen LogP contribution in [0.3, 0.4) is 0 Å². The molecule has 0 saturated carbocycles. The number of aromatic nitrogens is 2. The van der Waals surface area contributed by atoms with Crippen LogP contribution < -0.4 is 14.8 Å². The molecule has 6 heteroatoms. The van der Waals surface area contributed by atoms with E-state index in [1.807, 2.05) is 36.1 Å². The number of aryl methyl sites for hydroxylation is 1. The van der Waals surface area contributed by atoms with Crippen LogP contribution in [0.5, 0.6) is 11.5 Å². The molecule has 0 spiro atoms. The number of rotatable bonds is 8. The molecule has 1 aliphatic rings. The first-order valence-corrected chi connectivity index (χ1v) is 8.73. The highest BCUT2D eigenvalue weighted by Crippen LogP contribution is 2.33. The molecule has 2 aromatic rings. The van der Waals surface area contributed by atoms with Gasteiger partial charge in [-0.1, -0.05) is 6.07 Å². The molecule has 1 saturated heterocycles. The fraction of sp³-hybridized carbons (Fsp3) is 0.526. The second-order valence-corrected chi connectivity index (χ2v) is 6.37. The fourth-order valence-corrected chi connectivity index (χ4v) is 3.35. The van der Waals surface area contributed by atoms with Crippen LogP contribution in [0.4, 0.5) is 0 Å². The summed E-state index contributed by atoms with van der Waals surface area (Å²) in [6.45, 7) is 2.62. The summed E-state index contributed by atoms with van der Waals surface area (Å²) in [7, 11) is 5.38. The van der Waals surface area contributed by atoms with Crippen molar-refractivity contribution in [3.05, 3.63) is 42.0 Å². The molecule has 1 N–H and O–H groups in total. The lowest BCUT2D eigenvalue weighted by atomic mass is 10.0. The average molecular weight is 345 g/mol. The highest BCUT2D eigenvalue weighted by molar-refractivity contribution is 5.40. The number of imidazole rings is 1. The molecule has 6 nitrogen and oxygen atoms in total. The third-order valence-corrected chi connectivity index (χ3v) is 4.80. The Bertz CT molecular complexity index is 686. The van der Waals surface area contributed by atoms with Gasteiger partial charge in [-0.15, -0.1) is 0 Å². The molecule has 136 valence electrons. The van der Waals surface area contributed by atoms with E-state index in [0.717, 1.165) is 49.9 Å². The maximum Gasteiger partial charge on any atom is 0.137 e. The summed E-state index contributed by atoms with van der Waals surface area (Å²) in [5.74, 6) is 3.16. The second-order valence-electron chi connectivity index (χ2n) is 6.37. The van der Waals surface area contributed by atoms with E-state index in [2.05, 4.69) is 16.4 Å². The zero-order chi connectivity index (χ0) is 17.6. The van der Waals surface area contributed by atoms with Crippen LogP contribution in [0.2, 0.25) is 0 Å². The van der Waals surface area contributed by atoms with Crippen LogP contribution in [0.15, 0.2) is 30.6 Å². The number of methoxy groups -OCH3 is 2. The van der Waals surface area contributed by atoms with Crippen molar-refractivity contribution in [1.82, 2.24) is 14.9 Å². The predicted molar refractivity (Wildman–Crippen MR) is 96.1 cm³/mol. The Balaban J connectivity index is 1.51. The Kier molecular flexibility index (Phi) is 5.94. The van der Waals surface area contributed by atoms with Gasteiger partial charge < -0.3 is 24.1 Å². The van der Waals surface area contributed by atoms with Gasteiger partial charge in [0.25, 0.3) is 0 Å². The van der Waals surface area contributed by atoms with Crippen LogP contribution in [-0.2, 0) is 18.2 Å². The zero-order valence-corrected chi connectivity index (χ0v) is 15.2. The Morgan fingerprint density at radius 3 is 2.92 bits per heavy atom. The summed E-state index contributed by atoms with van der Waals surface area (Å²) in [6.07, 6.45) is 5.86. The summed E-state index contributed by atoms with van der Waals surface area (Å²) >= 11 is 0. The Morgan fingerprint density at radius 2 is 2.20 bits per heavy atom. The van der Waals surface area contributed by atoms with Gasteiger partial charge in [0.05, 0.1) is 14.2 Å². The Labute approximate surface area is 149 Å². The van der Waals surface area contributed by atoms with Gasteiger partial charge in [-0.05, 0) is 31.0 Å². The molecule has 1 fully saturated rings. The SMILES string of the molecule is COc1ccc(CCNC[C@@H]2CCO[C@H]2c2nccn2C)c(OC)c1. The van der Waals surface area contributed by atoms with Crippen LogP contribution in [0.1, 0.15) is 23.9 Å². The van der Waals surface area contributed by atoms with E-state index in [1.54, 1.807) is 14.2 Å². The topological polar surface area (TPSA) is 57.5 Å². The van der Waals surface area contributed by atoms with Gasteiger partial charge in [0.2, 0.25) is 0 Å². The minimum atomic E-state index is 0.0861. The lowest BCUT2D eigenvalue weighted by molar-refractivity contribution is 0.0812. The van der Waals surface area contributed by atoms with E-state index >= 15 is 0 Å². The molecule has 1 aromatic carbocycles. The van der Waals surface area contributed by atoms with Crippen LogP contribution >= 0.6 is 0 Å². The molecule has 1 aliphatic heterocycles. The van der Waals surface area contributed by atoms with E-state index < -0.39 is 0 Å². The number of nitrogens with one attached hydrogen (secondary N) is 1. The van der Waals surface area contributed by atoms with E-state index in [4.69, 9.17) is 14.2 Å². The van der Waals surface area contributed by atoms with Gasteiger partial charge in [0.1, 0.15) is 23.4 Å². The predicted octanol–water partition coefficient (Wildman–Crippen LogP) is 2.35. The highest BCUT2D eigenvalue weighted by atomic mass is 16.5. The third kappa shape index (κ3) is 4.14. The number of benzene rings is 1. The molecule has 3 rings (SSSR count). The first-order chi connectivity index (χ1) is 12.2. The summed E-state index contributed by atoms with van der Waals surface area (Å²) in [6, 6.07) is 5.96. The number of hydrogen-bond acceptors (Lipinski definition) is 5. The summed E-state index contributed by atoms with van der Waals surface area (Å²) < 4.78 is 18.7. The fourth-order valence-electron chi connectivity index (χ4n) is 3.35. The average Bonchev–Trinajstić information content (AvgIpc) is 3.26. The lowest BCUT2D eigenvalue weighted by Gasteiger charge is -2.19. The van der Waals surface area contributed by atoms with Crippen molar-refractivity contribution in [2.24, 2.45) is 13.0 Å². The maximum atomic E-state index is 5.91. The first-order valence-electron chi connectivity index (χ1n) is 8.73. The van der Waals surface area contributed by atoms with Crippen molar-refractivity contribution in [2.45, 2.75) is 18.9 Å². The highest BCUT2D eigenvalue weighted by Gasteiger charge is 2.31. The van der Waals surface area contributed by atoms with E-state index in [0.29, 0.717) is 5.92 Å². The van der Waals surface area contributed by atoms with Crippen molar-refractivity contribution >= 4 is 0 Å². The number of hydrogen-bond donors (Lipinski definition) is 1. The standard InChI is InChI=1S/C19H27N3O3/c1-22-10-9-21-19(22)18-15(7-11-25-18)13-20-8-6-14-4-5-16(23-2)12-17(14)24-3/h4-5,9-10,12,15,18,20H,6-8,11,13H2,1-3H3/t15-,18+/m0/s1. The minimum Gasteiger partial charge on any atom is -0.497 e. The van der Waals surface area contributed by atoms with Gasteiger partial charge >= 0.3 is 0 Å². The van der Waals surface area contributed by atoms with Crippen molar-refractivity contribution in [3.8, 4) is 11.5 Å². The van der Waals surface area contributed by atoms with Gasteiger partial charge in [0, 0.05) is 44.6 Å². The molecule has 0 aliphatic carbocycles. The summed E-state index contributed by atoms with van der Waals surface area (Å²) in [5.41, 5.74) is 1.18. The molecule has 1 aromatic heterocycles. The molecule has 2 atom stereocenters. The van der Waals surface area contributed by atoms with E-state index in [9.17, 15) is 0 Å². The smallest absolute Gasteiger partial charge is 0.137 e. The molecule has 0 radical (unpaired) electrons. The van der Waals surface area contributed by atoms with E-state index in [-0.39, 0.29) is 6.10 Å². The maximum absolute atomic E-state index is 5.91. The van der Waals surface area contributed by atoms with Crippen molar-refractivity contribution < 1.29 is 14.2 Å². The lowest BCUT2D eigenvalue weighted by Crippen LogP contribution is -2.27.